The van der Waals surface area contributed by atoms with Gasteiger partial charge in [0.25, 0.3) is 0 Å². The van der Waals surface area contributed by atoms with Crippen molar-refractivity contribution in [2.45, 2.75) is 13.3 Å². The minimum atomic E-state index is -0.0438. The van der Waals surface area contributed by atoms with Crippen LogP contribution in [0, 0.1) is 0 Å². The zero-order valence-electron chi connectivity index (χ0n) is 14.8. The van der Waals surface area contributed by atoms with Crippen molar-refractivity contribution in [3.63, 3.8) is 0 Å². The lowest BCUT2D eigenvalue weighted by Gasteiger charge is -2.06. The Hall–Kier alpha value is -3.11. The molecule has 3 nitrogen and oxygen atoms in total. The topological polar surface area (TPSA) is 57.5 Å². The maximum Gasteiger partial charge on any atom is 0.195 e. The summed E-state index contributed by atoms with van der Waals surface area (Å²) < 4.78 is 0.853. The van der Waals surface area contributed by atoms with E-state index in [4.69, 9.17) is 0 Å². The molecule has 1 heterocycles. The zero-order chi connectivity index (χ0) is 19.0. The lowest BCUT2D eigenvalue weighted by molar-refractivity contribution is 0.104. The van der Waals surface area contributed by atoms with Crippen LogP contribution in [0.3, 0.4) is 0 Å². The molecule has 4 rings (SSSR count). The molecule has 0 saturated carbocycles. The summed E-state index contributed by atoms with van der Waals surface area (Å²) in [5.74, 6) is 0.311. The van der Waals surface area contributed by atoms with Crippen LogP contribution in [0.15, 0.2) is 66.7 Å². The van der Waals surface area contributed by atoms with E-state index in [0.717, 1.165) is 26.9 Å². The van der Waals surface area contributed by atoms with Gasteiger partial charge in [-0.25, -0.2) is 0 Å². The molecular weight excluding hydrogens is 356 g/mol. The maximum absolute atomic E-state index is 13.4. The van der Waals surface area contributed by atoms with E-state index in [-0.39, 0.29) is 17.3 Å². The minimum absolute atomic E-state index is 0.0438. The van der Waals surface area contributed by atoms with Gasteiger partial charge in [-0.2, -0.15) is 0 Å². The van der Waals surface area contributed by atoms with Crippen molar-refractivity contribution in [3.05, 3.63) is 83.4 Å². The summed E-state index contributed by atoms with van der Waals surface area (Å²) in [4.78, 5) is 14.2. The molecule has 0 aliphatic rings. The number of fused-ring (bicyclic) bond motifs is 1. The molecule has 3 aromatic carbocycles. The number of carbonyl (C=O) groups is 1. The Kier molecular flexibility index (Phi) is 4.42. The standard InChI is InChI=1S/C23H18O3S/c1-2-14-3-5-15(6-4-14)22(26)21-19-12-11-18(25)13-20(19)27-23(21)16-7-9-17(24)10-8-16/h3-13,24-25H,2H2,1H3. The van der Waals surface area contributed by atoms with Gasteiger partial charge in [-0.3, -0.25) is 4.79 Å². The largest absolute Gasteiger partial charge is 0.508 e. The fourth-order valence-electron chi connectivity index (χ4n) is 3.16. The van der Waals surface area contributed by atoms with E-state index in [9.17, 15) is 15.0 Å². The highest BCUT2D eigenvalue weighted by molar-refractivity contribution is 7.22. The summed E-state index contributed by atoms with van der Waals surface area (Å²) in [5, 5.41) is 20.3. The van der Waals surface area contributed by atoms with E-state index in [1.807, 2.05) is 24.3 Å². The molecule has 0 amide bonds. The summed E-state index contributed by atoms with van der Waals surface area (Å²) >= 11 is 1.47. The van der Waals surface area contributed by atoms with Crippen LogP contribution >= 0.6 is 11.3 Å². The average Bonchev–Trinajstić information content (AvgIpc) is 3.06. The first kappa shape index (κ1) is 17.3. The third-order valence-electron chi connectivity index (χ3n) is 4.65. The van der Waals surface area contributed by atoms with E-state index in [0.29, 0.717) is 11.1 Å². The number of hydrogen-bond acceptors (Lipinski definition) is 4. The second kappa shape index (κ2) is 6.89. The molecule has 1 aromatic heterocycles. The first-order valence-electron chi connectivity index (χ1n) is 8.75. The number of aryl methyl sites for hydroxylation is 1. The predicted molar refractivity (Wildman–Crippen MR) is 110 cm³/mol. The molecule has 4 aromatic rings. The lowest BCUT2D eigenvalue weighted by atomic mass is 9.96. The molecule has 0 fully saturated rings. The molecule has 4 heteroatoms. The van der Waals surface area contributed by atoms with Gasteiger partial charge in [0.05, 0.1) is 0 Å². The maximum atomic E-state index is 13.4. The van der Waals surface area contributed by atoms with Gasteiger partial charge in [-0.15, -0.1) is 11.3 Å². The van der Waals surface area contributed by atoms with E-state index in [2.05, 4.69) is 6.92 Å². The van der Waals surface area contributed by atoms with Crippen LogP contribution in [0.2, 0.25) is 0 Å². The van der Waals surface area contributed by atoms with Crippen molar-refractivity contribution in [2.24, 2.45) is 0 Å². The summed E-state index contributed by atoms with van der Waals surface area (Å²) in [7, 11) is 0. The number of rotatable bonds is 4. The van der Waals surface area contributed by atoms with Crippen LogP contribution in [0.5, 0.6) is 11.5 Å². The van der Waals surface area contributed by atoms with E-state index >= 15 is 0 Å². The summed E-state index contributed by atoms with van der Waals surface area (Å²) in [5.41, 5.74) is 3.32. The number of hydrogen-bond donors (Lipinski definition) is 2. The number of ketones is 1. The van der Waals surface area contributed by atoms with E-state index < -0.39 is 0 Å². The third kappa shape index (κ3) is 3.20. The lowest BCUT2D eigenvalue weighted by Crippen LogP contribution is -2.02. The normalized spacial score (nSPS) is 11.0. The van der Waals surface area contributed by atoms with Crippen LogP contribution in [0.4, 0.5) is 0 Å². The SMILES string of the molecule is CCc1ccc(C(=O)c2c(-c3ccc(O)cc3)sc3cc(O)ccc23)cc1. The molecule has 0 aliphatic heterocycles. The number of phenols is 2. The smallest absolute Gasteiger partial charge is 0.195 e. The molecule has 0 unspecified atom stereocenters. The fraction of sp³-hybridized carbons (Fsp3) is 0.0870. The first-order valence-corrected chi connectivity index (χ1v) is 9.57. The van der Waals surface area contributed by atoms with Crippen molar-refractivity contribution in [2.75, 3.05) is 0 Å². The van der Waals surface area contributed by atoms with Gasteiger partial charge in [0.15, 0.2) is 5.78 Å². The fourth-order valence-corrected chi connectivity index (χ4v) is 4.40. The first-order chi connectivity index (χ1) is 13.1. The Balaban J connectivity index is 1.92. The van der Waals surface area contributed by atoms with Gasteiger partial charge in [-0.05, 0) is 60.0 Å². The third-order valence-corrected chi connectivity index (χ3v) is 5.86. The van der Waals surface area contributed by atoms with Crippen molar-refractivity contribution in [1.82, 2.24) is 0 Å². The van der Waals surface area contributed by atoms with Crippen LogP contribution in [0.1, 0.15) is 28.4 Å². The number of phenolic OH excluding ortho intramolecular Hbond substituents is 2. The number of thiophene rings is 1. The Morgan fingerprint density at radius 1 is 0.889 bits per heavy atom. The van der Waals surface area contributed by atoms with Gasteiger partial charge in [0.1, 0.15) is 11.5 Å². The Morgan fingerprint density at radius 3 is 2.22 bits per heavy atom. The predicted octanol–water partition coefficient (Wildman–Crippen LogP) is 5.77. The van der Waals surface area contributed by atoms with Crippen molar-refractivity contribution in [3.8, 4) is 21.9 Å². The van der Waals surface area contributed by atoms with Gasteiger partial charge in [0.2, 0.25) is 0 Å². The van der Waals surface area contributed by atoms with Crippen molar-refractivity contribution >= 4 is 27.2 Å². The van der Waals surface area contributed by atoms with E-state index in [1.165, 1.54) is 16.9 Å². The van der Waals surface area contributed by atoms with Gasteiger partial charge in [0, 0.05) is 26.1 Å². The van der Waals surface area contributed by atoms with Crippen LogP contribution in [-0.4, -0.2) is 16.0 Å². The molecule has 134 valence electrons. The molecular formula is C23H18O3S. The van der Waals surface area contributed by atoms with Crippen molar-refractivity contribution < 1.29 is 15.0 Å². The van der Waals surface area contributed by atoms with Crippen LogP contribution in [0.25, 0.3) is 20.5 Å². The minimum Gasteiger partial charge on any atom is -0.508 e. The Morgan fingerprint density at radius 2 is 1.56 bits per heavy atom. The monoisotopic (exact) mass is 374 g/mol. The molecule has 0 radical (unpaired) electrons. The highest BCUT2D eigenvalue weighted by Crippen LogP contribution is 2.41. The average molecular weight is 374 g/mol. The molecule has 0 spiro atoms. The highest BCUT2D eigenvalue weighted by atomic mass is 32.1. The van der Waals surface area contributed by atoms with Crippen LogP contribution in [-0.2, 0) is 6.42 Å². The van der Waals surface area contributed by atoms with Gasteiger partial charge in [-0.1, -0.05) is 31.2 Å². The number of carbonyl (C=O) groups excluding carboxylic acids is 1. The quantitative estimate of drug-likeness (QED) is 0.446. The molecule has 2 N–H and O–H groups in total. The molecule has 27 heavy (non-hydrogen) atoms. The second-order valence-corrected chi connectivity index (χ2v) is 7.47. The highest BCUT2D eigenvalue weighted by Gasteiger charge is 2.21. The molecule has 0 aliphatic carbocycles. The number of benzene rings is 3. The van der Waals surface area contributed by atoms with Crippen LogP contribution < -0.4 is 0 Å². The Bertz CT molecular complexity index is 1120. The molecule has 0 bridgehead atoms. The zero-order valence-corrected chi connectivity index (χ0v) is 15.6. The number of aromatic hydroxyl groups is 2. The summed E-state index contributed by atoms with van der Waals surface area (Å²) in [6.45, 7) is 2.08. The van der Waals surface area contributed by atoms with Gasteiger partial charge < -0.3 is 10.2 Å². The Labute approximate surface area is 161 Å². The van der Waals surface area contributed by atoms with E-state index in [1.54, 1.807) is 42.5 Å². The molecule has 0 saturated heterocycles. The summed E-state index contributed by atoms with van der Waals surface area (Å²) in [6.07, 6.45) is 0.924. The molecule has 0 atom stereocenters. The summed E-state index contributed by atoms with van der Waals surface area (Å²) in [6, 6.07) is 19.6. The van der Waals surface area contributed by atoms with Crippen molar-refractivity contribution in [1.29, 1.82) is 0 Å². The van der Waals surface area contributed by atoms with Gasteiger partial charge >= 0.3 is 0 Å². The second-order valence-electron chi connectivity index (χ2n) is 6.41.